The number of carbonyl (C=O) groups excluding carboxylic acids is 5. The second-order valence-electron chi connectivity index (χ2n) is 9.03. The maximum atomic E-state index is 12.8. The van der Waals surface area contributed by atoms with Gasteiger partial charge in [0.15, 0.2) is 5.82 Å². The molecule has 0 aliphatic carbocycles. The first-order valence-corrected chi connectivity index (χ1v) is 16.9. The van der Waals surface area contributed by atoms with Crippen LogP contribution in [-0.2, 0) is 44.0 Å². The van der Waals surface area contributed by atoms with Gasteiger partial charge in [0.1, 0.15) is 11.6 Å². The van der Waals surface area contributed by atoms with E-state index < -0.39 is 54.6 Å². The van der Waals surface area contributed by atoms with E-state index in [1.165, 1.54) is 18.2 Å². The molecule has 3 aliphatic rings. The van der Waals surface area contributed by atoms with E-state index in [0.29, 0.717) is 44.6 Å². The molecule has 1 aromatic heterocycles. The molecule has 0 unspecified atom stereocenters. The summed E-state index contributed by atoms with van der Waals surface area (Å²) in [5.41, 5.74) is 0.0142. The van der Waals surface area contributed by atoms with Crippen molar-refractivity contribution in [3.05, 3.63) is 45.0 Å². The number of carbonyl (C=O) groups is 5. The summed E-state index contributed by atoms with van der Waals surface area (Å²) in [6.07, 6.45) is -2.86. The van der Waals surface area contributed by atoms with E-state index in [0.717, 1.165) is 25.4 Å². The summed E-state index contributed by atoms with van der Waals surface area (Å²) in [5.74, 6) is -3.78. The van der Waals surface area contributed by atoms with Crippen LogP contribution in [0.25, 0.3) is 0 Å². The number of benzene rings is 1. The second-order valence-corrected chi connectivity index (χ2v) is 15.9. The van der Waals surface area contributed by atoms with Crippen molar-refractivity contribution in [2.24, 2.45) is 5.10 Å². The Labute approximate surface area is 238 Å². The Morgan fingerprint density at radius 2 is 1.45 bits per heavy atom. The molecule has 0 saturated carbocycles. The fraction of sp³-hybridized carbons (Fsp3) is 0.417. The van der Waals surface area contributed by atoms with Gasteiger partial charge in [-0.05, 0) is 0 Å². The fourth-order valence-electron chi connectivity index (χ4n) is 4.26. The Morgan fingerprint density at radius 3 is 2.00 bits per heavy atom. The molecule has 18 heteroatoms. The number of fused-ring (bicyclic) bond motifs is 2. The molecule has 1 fully saturated rings. The van der Waals surface area contributed by atoms with E-state index in [1.54, 1.807) is 6.07 Å². The van der Waals surface area contributed by atoms with E-state index in [9.17, 15) is 37.1 Å². The van der Waals surface area contributed by atoms with Gasteiger partial charge in [0, 0.05) is 38.8 Å². The van der Waals surface area contributed by atoms with Gasteiger partial charge in [0.2, 0.25) is 0 Å². The molecule has 4 heterocycles. The SMILES string of the molecule is CC(=O)OI1(OC(C)=O)(OC(C)=O)OC(=O)c2ccccc21.O=C1CCN(C2=Nn3c(nnc3C(F)(F)F)CC2)CC1. The predicted molar refractivity (Wildman–Crippen MR) is 142 cm³/mol. The second kappa shape index (κ2) is 11.3. The molecule has 0 bridgehead atoms. The molecule has 1 aromatic carbocycles. The number of Topliss-reactive ketones (excluding diaryl/α,β-unsaturated/α-hetero) is 1. The van der Waals surface area contributed by atoms with Crippen molar-refractivity contribution in [2.45, 2.75) is 52.6 Å². The smallest absolute Gasteiger partial charge is 0.358 e. The number of nitrogens with zero attached hydrogens (tertiary/aromatic N) is 5. The number of rotatable bonds is 3. The average molecular weight is 711 g/mol. The van der Waals surface area contributed by atoms with Crippen molar-refractivity contribution in [2.75, 3.05) is 13.1 Å². The molecule has 42 heavy (non-hydrogen) atoms. The van der Waals surface area contributed by atoms with E-state index in [-0.39, 0.29) is 20.7 Å². The van der Waals surface area contributed by atoms with E-state index >= 15 is 0 Å². The maximum absolute atomic E-state index is 12.8. The number of aromatic nitrogens is 3. The number of halogens is 4. The van der Waals surface area contributed by atoms with Crippen molar-refractivity contribution in [1.29, 1.82) is 0 Å². The molecular weight excluding hydrogens is 686 g/mol. The third-order valence-corrected chi connectivity index (χ3v) is 13.9. The first kappa shape index (κ1) is 30.8. The first-order chi connectivity index (χ1) is 19.6. The Morgan fingerprint density at radius 1 is 0.881 bits per heavy atom. The predicted octanol–water partition coefficient (Wildman–Crippen LogP) is 3.02. The van der Waals surface area contributed by atoms with Crippen LogP contribution in [0.1, 0.15) is 62.0 Å². The van der Waals surface area contributed by atoms with Gasteiger partial charge >= 0.3 is 134 Å². The summed E-state index contributed by atoms with van der Waals surface area (Å²) in [7, 11) is 0. The quantitative estimate of drug-likeness (QED) is 0.428. The van der Waals surface area contributed by atoms with Gasteiger partial charge in [-0.3, -0.25) is 4.79 Å². The molecular formula is C24H25F3IN5O9. The van der Waals surface area contributed by atoms with Crippen LogP contribution >= 0.6 is 18.7 Å². The number of ketones is 1. The van der Waals surface area contributed by atoms with Gasteiger partial charge in [-0.1, -0.05) is 0 Å². The third-order valence-electron chi connectivity index (χ3n) is 5.79. The number of aryl methyl sites for hydroxylation is 1. The maximum Gasteiger partial charge on any atom is 0.453 e. The van der Waals surface area contributed by atoms with Crippen LogP contribution in [0.4, 0.5) is 13.2 Å². The van der Waals surface area contributed by atoms with Gasteiger partial charge in [-0.2, -0.15) is 22.9 Å². The van der Waals surface area contributed by atoms with Gasteiger partial charge in [-0.15, -0.1) is 10.2 Å². The molecule has 14 nitrogen and oxygen atoms in total. The van der Waals surface area contributed by atoms with Crippen molar-refractivity contribution in [3.63, 3.8) is 0 Å². The third kappa shape index (κ3) is 6.07. The summed E-state index contributed by atoms with van der Waals surface area (Å²) in [6, 6.07) is 5.81. The molecule has 0 amide bonds. The minimum Gasteiger partial charge on any atom is -0.358 e. The molecule has 0 spiro atoms. The molecule has 0 radical (unpaired) electrons. The Hall–Kier alpha value is -4.10. The number of alkyl halides is 3. The summed E-state index contributed by atoms with van der Waals surface area (Å²) in [6.45, 7) is 4.09. The Kier molecular flexibility index (Phi) is 8.29. The van der Waals surface area contributed by atoms with Crippen LogP contribution in [0.3, 0.4) is 0 Å². The molecule has 0 atom stereocenters. The molecule has 3 aliphatic heterocycles. The van der Waals surface area contributed by atoms with Gasteiger partial charge in [-0.25, -0.2) is 0 Å². The van der Waals surface area contributed by atoms with Crippen LogP contribution in [0.2, 0.25) is 0 Å². The number of hydrogen-bond acceptors (Lipinski definition) is 13. The standard InChI is InChI=1S/C13H13IO8.C11H12F3N5O/c1-8(15)19-14(20-9(2)16,21-10(3)17)12-7-5-4-6-11(12)13(18)22-14;12-11(13,14)10-16-15-8-1-2-9(17-19(8)10)18-5-3-7(20)4-6-18/h4-7H,1-3H3;1-6H2. The number of likely N-dealkylation sites (tertiary alicyclic amines) is 1. The number of piperidine rings is 1. The molecule has 1 saturated heterocycles. The van der Waals surface area contributed by atoms with Crippen LogP contribution in [-0.4, -0.2) is 68.4 Å². The van der Waals surface area contributed by atoms with Crippen LogP contribution in [0.5, 0.6) is 0 Å². The summed E-state index contributed by atoms with van der Waals surface area (Å²) in [4.78, 5) is 59.8. The summed E-state index contributed by atoms with van der Waals surface area (Å²) < 4.78 is 59.6. The Bertz CT molecular complexity index is 1440. The molecule has 0 N–H and O–H groups in total. The molecule has 2 aromatic rings. The van der Waals surface area contributed by atoms with Crippen LogP contribution < -0.4 is 0 Å². The zero-order valence-corrected chi connectivity index (χ0v) is 24.6. The Balaban J connectivity index is 0.000000193. The van der Waals surface area contributed by atoms with E-state index in [4.69, 9.17) is 12.3 Å². The summed E-state index contributed by atoms with van der Waals surface area (Å²) in [5, 5.41) is 10.7. The molecule has 5 rings (SSSR count). The van der Waals surface area contributed by atoms with Crippen molar-refractivity contribution >= 4 is 54.2 Å². The van der Waals surface area contributed by atoms with Crippen LogP contribution in [0, 0.1) is 3.57 Å². The largest absolute Gasteiger partial charge is 0.453 e. The number of amidine groups is 1. The van der Waals surface area contributed by atoms with Gasteiger partial charge in [0.05, 0.1) is 0 Å². The monoisotopic (exact) mass is 711 g/mol. The van der Waals surface area contributed by atoms with Crippen molar-refractivity contribution in [3.8, 4) is 0 Å². The minimum atomic E-state index is -6.03. The normalized spacial score (nSPS) is 19.3. The first-order valence-electron chi connectivity index (χ1n) is 12.3. The summed E-state index contributed by atoms with van der Waals surface area (Å²) >= 11 is -6.03. The zero-order chi connectivity index (χ0) is 30.9. The van der Waals surface area contributed by atoms with Crippen molar-refractivity contribution < 1.29 is 49.4 Å². The zero-order valence-electron chi connectivity index (χ0n) is 22.5. The minimum absolute atomic E-state index is 0.0142. The number of hydrogen-bond donors (Lipinski definition) is 0. The van der Waals surface area contributed by atoms with Gasteiger partial charge < -0.3 is 4.90 Å². The van der Waals surface area contributed by atoms with Crippen LogP contribution in [0.15, 0.2) is 29.4 Å². The average Bonchev–Trinajstić information content (AvgIpc) is 3.41. The van der Waals surface area contributed by atoms with Crippen molar-refractivity contribution in [1.82, 2.24) is 19.8 Å². The van der Waals surface area contributed by atoms with E-state index in [1.807, 2.05) is 4.90 Å². The van der Waals surface area contributed by atoms with Gasteiger partial charge in [0.25, 0.3) is 5.82 Å². The van der Waals surface area contributed by atoms with E-state index in [2.05, 4.69) is 15.3 Å². The molecule has 228 valence electrons. The fourth-order valence-corrected chi connectivity index (χ4v) is 12.0. The topological polar surface area (TPSA) is 169 Å².